The summed E-state index contributed by atoms with van der Waals surface area (Å²) >= 11 is 5.64. The van der Waals surface area contributed by atoms with Crippen molar-refractivity contribution in [2.75, 3.05) is 5.32 Å². The average molecular weight is 229 g/mol. The number of amides is 1. The van der Waals surface area contributed by atoms with Gasteiger partial charge in [0.15, 0.2) is 0 Å². The molecule has 0 saturated carbocycles. The molecule has 0 bridgehead atoms. The number of hydrogen-bond donors (Lipinski definition) is 2. The molecule has 1 amide bonds. The van der Waals surface area contributed by atoms with Gasteiger partial charge in [-0.1, -0.05) is 11.6 Å². The molecule has 15 heavy (non-hydrogen) atoms. The number of rotatable bonds is 4. The number of carbonyl (C=O) groups is 1. The zero-order valence-corrected chi connectivity index (χ0v) is 9.38. The van der Waals surface area contributed by atoms with Gasteiger partial charge in [0, 0.05) is 12.0 Å². The Morgan fingerprint density at radius 2 is 2.07 bits per heavy atom. The molecule has 5 nitrogen and oxygen atoms in total. The number of nitrogens with one attached hydrogen (secondary N) is 1. The maximum atomic E-state index is 10.8. The normalized spacial score (nSPS) is 11.1. The molecule has 1 aromatic rings. The molecular formula is C9H13ClN4O. The molecule has 82 valence electrons. The smallest absolute Gasteiger partial charge is 0.223 e. The Labute approximate surface area is 93.0 Å². The summed E-state index contributed by atoms with van der Waals surface area (Å²) in [6.07, 6.45) is 3.17. The van der Waals surface area contributed by atoms with Crippen molar-refractivity contribution in [3.63, 3.8) is 0 Å². The summed E-state index contributed by atoms with van der Waals surface area (Å²) in [4.78, 5) is 18.7. The molecule has 0 aliphatic carbocycles. The fraction of sp³-hybridized carbons (Fsp3) is 0.444. The second kappa shape index (κ2) is 4.44. The number of anilines is 1. The molecule has 3 N–H and O–H groups in total. The number of nitrogens with two attached hydrogens (primary N) is 1. The maximum Gasteiger partial charge on any atom is 0.223 e. The van der Waals surface area contributed by atoms with Gasteiger partial charge in [-0.05, 0) is 13.8 Å². The summed E-state index contributed by atoms with van der Waals surface area (Å²) in [5.74, 6) is 0.0483. The first-order valence-electron chi connectivity index (χ1n) is 4.43. The van der Waals surface area contributed by atoms with Crippen LogP contribution in [0.15, 0.2) is 12.4 Å². The van der Waals surface area contributed by atoms with Gasteiger partial charge in [-0.2, -0.15) is 0 Å². The van der Waals surface area contributed by atoms with Gasteiger partial charge in [-0.25, -0.2) is 9.97 Å². The van der Waals surface area contributed by atoms with Crippen molar-refractivity contribution in [2.45, 2.75) is 25.8 Å². The Morgan fingerprint density at radius 1 is 1.53 bits per heavy atom. The third kappa shape index (κ3) is 4.12. The summed E-state index contributed by atoms with van der Waals surface area (Å²) in [6.45, 7) is 3.69. The van der Waals surface area contributed by atoms with Gasteiger partial charge in [-0.3, -0.25) is 4.79 Å². The highest BCUT2D eigenvalue weighted by atomic mass is 35.5. The molecule has 1 rings (SSSR count). The van der Waals surface area contributed by atoms with Gasteiger partial charge in [0.1, 0.15) is 0 Å². The molecule has 6 heteroatoms. The summed E-state index contributed by atoms with van der Waals surface area (Å²) in [7, 11) is 0. The Kier molecular flexibility index (Phi) is 3.47. The quantitative estimate of drug-likeness (QED) is 0.811. The van der Waals surface area contributed by atoms with Gasteiger partial charge in [0.25, 0.3) is 0 Å². The van der Waals surface area contributed by atoms with Crippen molar-refractivity contribution in [1.29, 1.82) is 0 Å². The van der Waals surface area contributed by atoms with Crippen LogP contribution in [0.4, 0.5) is 5.95 Å². The van der Waals surface area contributed by atoms with Crippen LogP contribution in [0.25, 0.3) is 0 Å². The van der Waals surface area contributed by atoms with E-state index in [2.05, 4.69) is 15.3 Å². The van der Waals surface area contributed by atoms with E-state index in [1.165, 1.54) is 12.4 Å². The predicted octanol–water partition coefficient (Wildman–Crippen LogP) is 1.20. The first-order chi connectivity index (χ1) is 6.89. The molecule has 0 atom stereocenters. The minimum Gasteiger partial charge on any atom is -0.370 e. The summed E-state index contributed by atoms with van der Waals surface area (Å²) in [6, 6.07) is 0. The third-order valence-corrected chi connectivity index (χ3v) is 1.88. The lowest BCUT2D eigenvalue weighted by molar-refractivity contribution is -0.118. The third-order valence-electron chi connectivity index (χ3n) is 1.69. The Morgan fingerprint density at radius 3 is 2.53 bits per heavy atom. The lowest BCUT2D eigenvalue weighted by Crippen LogP contribution is -2.36. The van der Waals surface area contributed by atoms with Crippen LogP contribution in [-0.2, 0) is 4.79 Å². The van der Waals surface area contributed by atoms with Crippen molar-refractivity contribution >= 4 is 23.5 Å². The molecule has 1 heterocycles. The zero-order valence-electron chi connectivity index (χ0n) is 8.62. The number of nitrogens with zero attached hydrogens (tertiary/aromatic N) is 2. The van der Waals surface area contributed by atoms with Crippen molar-refractivity contribution in [3.8, 4) is 0 Å². The molecular weight excluding hydrogens is 216 g/mol. The second-order valence-electron chi connectivity index (χ2n) is 3.88. The number of primary amides is 1. The number of hydrogen-bond acceptors (Lipinski definition) is 4. The highest BCUT2D eigenvalue weighted by Gasteiger charge is 2.21. The highest BCUT2D eigenvalue weighted by Crippen LogP contribution is 2.15. The maximum absolute atomic E-state index is 10.8. The van der Waals surface area contributed by atoms with Gasteiger partial charge in [0.05, 0.1) is 17.4 Å². The van der Waals surface area contributed by atoms with Crippen LogP contribution >= 0.6 is 11.6 Å². The monoisotopic (exact) mass is 228 g/mol. The van der Waals surface area contributed by atoms with Crippen LogP contribution in [0, 0.1) is 0 Å². The Hall–Kier alpha value is -1.36. The molecule has 1 aromatic heterocycles. The van der Waals surface area contributed by atoms with Gasteiger partial charge in [-0.15, -0.1) is 0 Å². The van der Waals surface area contributed by atoms with E-state index >= 15 is 0 Å². The number of halogens is 1. The fourth-order valence-electron chi connectivity index (χ4n) is 1.16. The summed E-state index contributed by atoms with van der Waals surface area (Å²) < 4.78 is 0. The van der Waals surface area contributed by atoms with Crippen LogP contribution in [0.1, 0.15) is 20.3 Å². The standard InChI is InChI=1S/C9H13ClN4O/c1-9(2,3-7(11)15)14-8-12-4-6(10)5-13-8/h4-5H,3H2,1-2H3,(H2,11,15)(H,12,13,14). The summed E-state index contributed by atoms with van der Waals surface area (Å²) in [5, 5.41) is 3.46. The first-order valence-corrected chi connectivity index (χ1v) is 4.81. The van der Waals surface area contributed by atoms with E-state index in [-0.39, 0.29) is 12.3 Å². The van der Waals surface area contributed by atoms with Gasteiger partial charge < -0.3 is 11.1 Å². The number of aromatic nitrogens is 2. The molecule has 0 unspecified atom stereocenters. The van der Waals surface area contributed by atoms with Gasteiger partial charge >= 0.3 is 0 Å². The van der Waals surface area contributed by atoms with Crippen molar-refractivity contribution in [3.05, 3.63) is 17.4 Å². The number of carbonyl (C=O) groups excluding carboxylic acids is 1. The van der Waals surface area contributed by atoms with Crippen molar-refractivity contribution < 1.29 is 4.79 Å². The van der Waals surface area contributed by atoms with E-state index in [1.807, 2.05) is 13.8 Å². The largest absolute Gasteiger partial charge is 0.370 e. The molecule has 0 saturated heterocycles. The molecule has 0 spiro atoms. The van der Waals surface area contributed by atoms with Crippen LogP contribution in [0.2, 0.25) is 5.02 Å². The summed E-state index contributed by atoms with van der Waals surface area (Å²) in [5.41, 5.74) is 4.64. The van der Waals surface area contributed by atoms with E-state index in [0.29, 0.717) is 11.0 Å². The fourth-order valence-corrected chi connectivity index (χ4v) is 1.26. The molecule has 0 aromatic carbocycles. The second-order valence-corrected chi connectivity index (χ2v) is 4.31. The zero-order chi connectivity index (χ0) is 11.5. The Bertz CT molecular complexity index is 350. The molecule has 0 aliphatic rings. The SMILES string of the molecule is CC(C)(CC(N)=O)Nc1ncc(Cl)cn1. The molecule has 0 radical (unpaired) electrons. The molecule has 0 fully saturated rings. The van der Waals surface area contributed by atoms with E-state index in [0.717, 1.165) is 0 Å². The lowest BCUT2D eigenvalue weighted by atomic mass is 10.0. The minimum atomic E-state index is -0.473. The lowest BCUT2D eigenvalue weighted by Gasteiger charge is -2.24. The topological polar surface area (TPSA) is 80.9 Å². The van der Waals surface area contributed by atoms with Crippen LogP contribution < -0.4 is 11.1 Å². The molecule has 0 aliphatic heterocycles. The first kappa shape index (κ1) is 11.7. The van der Waals surface area contributed by atoms with E-state index in [4.69, 9.17) is 17.3 Å². The van der Waals surface area contributed by atoms with Crippen LogP contribution in [0.3, 0.4) is 0 Å². The van der Waals surface area contributed by atoms with E-state index < -0.39 is 5.54 Å². The van der Waals surface area contributed by atoms with Crippen LogP contribution in [0.5, 0.6) is 0 Å². The van der Waals surface area contributed by atoms with Crippen molar-refractivity contribution in [2.24, 2.45) is 5.73 Å². The average Bonchev–Trinajstić information content (AvgIpc) is 2.06. The highest BCUT2D eigenvalue weighted by molar-refractivity contribution is 6.30. The predicted molar refractivity (Wildman–Crippen MR) is 58.6 cm³/mol. The van der Waals surface area contributed by atoms with Crippen LogP contribution in [-0.4, -0.2) is 21.4 Å². The van der Waals surface area contributed by atoms with Gasteiger partial charge in [0.2, 0.25) is 11.9 Å². The van der Waals surface area contributed by atoms with E-state index in [9.17, 15) is 4.79 Å². The van der Waals surface area contributed by atoms with E-state index in [1.54, 1.807) is 0 Å². The minimum absolute atomic E-state index is 0.207. The van der Waals surface area contributed by atoms with Crippen molar-refractivity contribution in [1.82, 2.24) is 9.97 Å². The Balaban J connectivity index is 2.68.